The molecule has 0 aromatic rings. The van der Waals surface area contributed by atoms with Crippen LogP contribution in [0.2, 0.25) is 0 Å². The Morgan fingerprint density at radius 1 is 0.425 bits per heavy atom. The van der Waals surface area contributed by atoms with Crippen molar-refractivity contribution < 1.29 is 37.3 Å². The lowest BCUT2D eigenvalue weighted by molar-refractivity contribution is -0.870. The van der Waals surface area contributed by atoms with Gasteiger partial charge in [0.15, 0.2) is 0 Å². The van der Waals surface area contributed by atoms with E-state index in [9.17, 15) is 19.0 Å². The average molecular weight is 1150 g/mol. The number of quaternary nitrogens is 1. The normalized spacial score (nSPS) is 13.6. The number of phosphoric ester groups is 1. The zero-order valence-electron chi connectivity index (χ0n) is 54.4. The molecule has 0 fully saturated rings. The first-order chi connectivity index (χ1) is 38.9. The summed E-state index contributed by atoms with van der Waals surface area (Å²) in [5.41, 5.74) is 0. The van der Waals surface area contributed by atoms with Crippen LogP contribution in [-0.4, -0.2) is 74.3 Å². The van der Waals surface area contributed by atoms with Crippen molar-refractivity contribution in [1.29, 1.82) is 0 Å². The summed E-state index contributed by atoms with van der Waals surface area (Å²) in [7, 11) is 1.52. The van der Waals surface area contributed by atoms with Crippen LogP contribution < -0.4 is 5.32 Å². The van der Waals surface area contributed by atoms with Crippen molar-refractivity contribution in [2.24, 2.45) is 0 Å². The minimum absolute atomic E-state index is 0.0448. The van der Waals surface area contributed by atoms with E-state index >= 15 is 0 Å². The molecule has 1 amide bonds. The number of esters is 1. The Balaban J connectivity index is 5.05. The maximum atomic E-state index is 13.6. The number of likely N-dealkylation sites (N-methyl/N-ethyl adjacent to an activating group) is 1. The van der Waals surface area contributed by atoms with Crippen LogP contribution in [0, 0.1) is 0 Å². The molecule has 10 heteroatoms. The van der Waals surface area contributed by atoms with Crippen molar-refractivity contribution in [3.05, 3.63) is 24.3 Å². The van der Waals surface area contributed by atoms with Gasteiger partial charge < -0.3 is 19.4 Å². The van der Waals surface area contributed by atoms with E-state index in [-0.39, 0.29) is 25.1 Å². The molecule has 0 aromatic heterocycles. The predicted molar refractivity (Wildman–Crippen MR) is 346 cm³/mol. The molecule has 0 bridgehead atoms. The van der Waals surface area contributed by atoms with Gasteiger partial charge >= 0.3 is 13.8 Å². The van der Waals surface area contributed by atoms with Crippen LogP contribution >= 0.6 is 7.82 Å². The second-order valence-corrected chi connectivity index (χ2v) is 26.9. The second-order valence-electron chi connectivity index (χ2n) is 25.4. The summed E-state index contributed by atoms with van der Waals surface area (Å²) in [6, 6.07) is -0.842. The Morgan fingerprint density at radius 3 is 1.06 bits per heavy atom. The van der Waals surface area contributed by atoms with Crippen LogP contribution in [0.3, 0.4) is 0 Å². The molecule has 9 nitrogen and oxygen atoms in total. The van der Waals surface area contributed by atoms with E-state index in [1.807, 2.05) is 27.2 Å². The highest BCUT2D eigenvalue weighted by Gasteiger charge is 2.30. The highest BCUT2D eigenvalue weighted by Crippen LogP contribution is 2.43. The smallest absolute Gasteiger partial charge is 0.456 e. The van der Waals surface area contributed by atoms with Gasteiger partial charge in [-0.1, -0.05) is 315 Å². The SMILES string of the molecule is CCCCCCCC/C=C/CCCCCCCCCCCCCCCCCC(=O)OC(/C=C/CCCCCCCCCCCCC)C(COP(=O)(O)OCC[N+](C)(C)C)NC(=O)CCCCCCCCCCCCCCCCCC. The van der Waals surface area contributed by atoms with Crippen molar-refractivity contribution in [3.8, 4) is 0 Å². The third-order valence-electron chi connectivity index (χ3n) is 16.1. The molecule has 0 rings (SSSR count). The van der Waals surface area contributed by atoms with E-state index < -0.39 is 20.0 Å². The number of rotatable bonds is 65. The van der Waals surface area contributed by atoms with Crippen LogP contribution in [0.25, 0.3) is 0 Å². The van der Waals surface area contributed by atoms with Gasteiger partial charge in [-0.3, -0.25) is 18.6 Å². The topological polar surface area (TPSA) is 111 Å². The van der Waals surface area contributed by atoms with E-state index in [1.54, 1.807) is 0 Å². The highest BCUT2D eigenvalue weighted by molar-refractivity contribution is 7.47. The number of nitrogens with zero attached hydrogens (tertiary/aromatic N) is 1. The zero-order chi connectivity index (χ0) is 58.6. The predicted octanol–water partition coefficient (Wildman–Crippen LogP) is 22.1. The first kappa shape index (κ1) is 78.5. The molecule has 0 aliphatic rings. The molecule has 3 atom stereocenters. The molecule has 474 valence electrons. The molecule has 0 saturated heterocycles. The molecule has 0 heterocycles. The number of allylic oxidation sites excluding steroid dienone is 3. The number of nitrogens with one attached hydrogen (secondary N) is 1. The Hall–Kier alpha value is -1.51. The fourth-order valence-corrected chi connectivity index (χ4v) is 11.4. The summed E-state index contributed by atoms with van der Waals surface area (Å²) >= 11 is 0. The number of unbranched alkanes of at least 4 members (excludes halogenated alkanes) is 47. The number of amides is 1. The lowest BCUT2D eigenvalue weighted by atomic mass is 10.0. The van der Waals surface area contributed by atoms with E-state index in [2.05, 4.69) is 44.3 Å². The second kappa shape index (κ2) is 60.6. The van der Waals surface area contributed by atoms with Crippen molar-refractivity contribution >= 4 is 19.7 Å². The molecule has 0 aliphatic carbocycles. The number of ether oxygens (including phenoxy) is 1. The van der Waals surface area contributed by atoms with Crippen molar-refractivity contribution in [2.45, 2.75) is 373 Å². The molecule has 3 unspecified atom stereocenters. The molecule has 0 radical (unpaired) electrons. The van der Waals surface area contributed by atoms with Gasteiger partial charge in [0.1, 0.15) is 19.3 Å². The minimum Gasteiger partial charge on any atom is -0.456 e. The Bertz CT molecular complexity index is 1420. The number of hydrogen-bond acceptors (Lipinski definition) is 6. The summed E-state index contributed by atoms with van der Waals surface area (Å²) in [6.07, 6.45) is 73.3. The van der Waals surface area contributed by atoms with Gasteiger partial charge in [-0.2, -0.15) is 0 Å². The standard InChI is InChI=1S/C70H137N2O7P/c1-7-10-13-16-19-22-25-28-30-32-33-34-35-36-37-38-39-40-42-45-48-51-54-57-60-63-70(74)79-68(61-58-55-52-49-46-43-27-24-21-18-15-12-9-3)67(66-78-80(75,76)77-65-64-72(4,5)6)71-69(73)62-59-56-53-50-47-44-41-31-29-26-23-20-17-14-11-8-2/h28,30,58,61,67-68H,7-27,29,31-57,59-60,62-66H2,1-6H3,(H-,71,73,75,76)/p+1/b30-28+,61-58+. The van der Waals surface area contributed by atoms with Crippen molar-refractivity contribution in [3.63, 3.8) is 0 Å². The van der Waals surface area contributed by atoms with Crippen molar-refractivity contribution in [1.82, 2.24) is 5.32 Å². The fourth-order valence-electron chi connectivity index (χ4n) is 10.7. The minimum atomic E-state index is -4.45. The van der Waals surface area contributed by atoms with E-state index in [0.29, 0.717) is 23.9 Å². The molecule has 0 spiro atoms. The van der Waals surface area contributed by atoms with E-state index in [4.69, 9.17) is 13.8 Å². The number of hydrogen-bond donors (Lipinski definition) is 2. The quantitative estimate of drug-likeness (QED) is 0.0205. The Kier molecular flexibility index (Phi) is 59.5. The Labute approximate surface area is 498 Å². The van der Waals surface area contributed by atoms with Gasteiger partial charge in [-0.15, -0.1) is 0 Å². The van der Waals surface area contributed by atoms with E-state index in [0.717, 1.165) is 57.8 Å². The maximum absolute atomic E-state index is 13.6. The van der Waals surface area contributed by atoms with Gasteiger partial charge in [0.05, 0.1) is 33.8 Å². The van der Waals surface area contributed by atoms with Crippen molar-refractivity contribution in [2.75, 3.05) is 40.9 Å². The van der Waals surface area contributed by atoms with Gasteiger partial charge in [0, 0.05) is 12.8 Å². The van der Waals surface area contributed by atoms with Gasteiger partial charge in [-0.05, 0) is 57.4 Å². The molecular weight excluding hydrogens is 1010 g/mol. The molecular formula is C70H138N2O7P+. The maximum Gasteiger partial charge on any atom is 0.472 e. The van der Waals surface area contributed by atoms with Crippen LogP contribution in [-0.2, 0) is 27.9 Å². The zero-order valence-corrected chi connectivity index (χ0v) is 55.2. The largest absolute Gasteiger partial charge is 0.472 e. The fraction of sp³-hybridized carbons (Fsp3) is 0.914. The molecule has 80 heavy (non-hydrogen) atoms. The first-order valence-corrected chi connectivity index (χ1v) is 36.7. The summed E-state index contributed by atoms with van der Waals surface area (Å²) in [5.74, 6) is -0.482. The third kappa shape index (κ3) is 61.1. The van der Waals surface area contributed by atoms with Gasteiger partial charge in [0.2, 0.25) is 5.91 Å². The van der Waals surface area contributed by atoms with Gasteiger partial charge in [0.25, 0.3) is 0 Å². The lowest BCUT2D eigenvalue weighted by Gasteiger charge is -2.27. The number of phosphoric acid groups is 1. The summed E-state index contributed by atoms with van der Waals surface area (Å²) in [4.78, 5) is 37.9. The third-order valence-corrected chi connectivity index (χ3v) is 17.1. The first-order valence-electron chi connectivity index (χ1n) is 35.2. The summed E-state index contributed by atoms with van der Waals surface area (Å²) in [6.45, 7) is 7.08. The summed E-state index contributed by atoms with van der Waals surface area (Å²) in [5, 5.41) is 3.08. The van der Waals surface area contributed by atoms with Crippen LogP contribution in [0.1, 0.15) is 361 Å². The molecule has 0 aromatic carbocycles. The molecule has 0 aliphatic heterocycles. The molecule has 2 N–H and O–H groups in total. The van der Waals surface area contributed by atoms with Crippen LogP contribution in [0.15, 0.2) is 24.3 Å². The highest BCUT2D eigenvalue weighted by atomic mass is 31.2. The lowest BCUT2D eigenvalue weighted by Crippen LogP contribution is -2.47. The molecule has 0 saturated carbocycles. The Morgan fingerprint density at radius 2 is 0.725 bits per heavy atom. The van der Waals surface area contributed by atoms with Crippen LogP contribution in [0.5, 0.6) is 0 Å². The summed E-state index contributed by atoms with van der Waals surface area (Å²) < 4.78 is 30.8. The van der Waals surface area contributed by atoms with E-state index in [1.165, 1.54) is 270 Å². The van der Waals surface area contributed by atoms with Crippen LogP contribution in [0.4, 0.5) is 0 Å². The number of carbonyl (C=O) groups is 2. The number of carbonyl (C=O) groups excluding carboxylic acids is 2. The monoisotopic (exact) mass is 1150 g/mol. The van der Waals surface area contributed by atoms with Gasteiger partial charge in [-0.25, -0.2) is 4.57 Å². The average Bonchev–Trinajstić information content (AvgIpc) is 3.42.